The van der Waals surface area contributed by atoms with Gasteiger partial charge in [0, 0.05) is 0 Å². The minimum absolute atomic E-state index is 0.0770. The van der Waals surface area contributed by atoms with Gasteiger partial charge in [0.15, 0.2) is 23.3 Å². The van der Waals surface area contributed by atoms with Crippen molar-refractivity contribution in [3.63, 3.8) is 0 Å². The molecule has 0 heterocycles. The van der Waals surface area contributed by atoms with E-state index in [1.54, 1.807) is 0 Å². The first-order chi connectivity index (χ1) is 7.77. The van der Waals surface area contributed by atoms with E-state index in [-0.39, 0.29) is 5.57 Å². The van der Waals surface area contributed by atoms with E-state index in [9.17, 15) is 22.0 Å². The van der Waals surface area contributed by atoms with Crippen molar-refractivity contribution in [2.45, 2.75) is 20.0 Å². The van der Waals surface area contributed by atoms with Gasteiger partial charge in [-0.1, -0.05) is 0 Å². The zero-order valence-corrected chi connectivity index (χ0v) is 8.99. The van der Waals surface area contributed by atoms with Crippen LogP contribution < -0.4 is 0 Å². The molecule has 1 rings (SSSR count). The van der Waals surface area contributed by atoms with Crippen LogP contribution in [0.1, 0.15) is 19.4 Å². The fourth-order valence-electron chi connectivity index (χ4n) is 1.10. The van der Waals surface area contributed by atoms with Crippen molar-refractivity contribution in [2.75, 3.05) is 0 Å². The Labute approximate surface area is 94.2 Å². The maximum atomic E-state index is 13.2. The number of hydrogen-bond acceptors (Lipinski definition) is 1. The van der Waals surface area contributed by atoms with Gasteiger partial charge in [-0.15, -0.1) is 0 Å². The van der Waals surface area contributed by atoms with Gasteiger partial charge in [-0.3, -0.25) is 0 Å². The van der Waals surface area contributed by atoms with E-state index < -0.39 is 40.8 Å². The number of halogens is 5. The molecule has 1 atom stereocenters. The molecule has 1 nitrogen and oxygen atoms in total. The maximum Gasteiger partial charge on any atom is 0.200 e. The monoisotopic (exact) mass is 252 g/mol. The number of hydrogen-bond donors (Lipinski definition) is 1. The molecular weight excluding hydrogens is 243 g/mol. The van der Waals surface area contributed by atoms with Gasteiger partial charge in [-0.05, 0) is 25.5 Å². The molecule has 1 aromatic rings. The van der Waals surface area contributed by atoms with E-state index in [0.717, 1.165) is 6.08 Å². The van der Waals surface area contributed by atoms with Gasteiger partial charge in [-0.2, -0.15) is 0 Å². The highest BCUT2D eigenvalue weighted by molar-refractivity contribution is 5.55. The predicted molar refractivity (Wildman–Crippen MR) is 51.6 cm³/mol. The lowest BCUT2D eigenvalue weighted by atomic mass is 10.1. The Bertz CT molecular complexity index is 450. The normalized spacial score (nSPS) is 14.0. The summed E-state index contributed by atoms with van der Waals surface area (Å²) in [4.78, 5) is 0. The Morgan fingerprint density at radius 2 is 1.29 bits per heavy atom. The molecule has 1 N–H and O–H groups in total. The van der Waals surface area contributed by atoms with Crippen molar-refractivity contribution < 1.29 is 27.1 Å². The summed E-state index contributed by atoms with van der Waals surface area (Å²) in [6.45, 7) is 2.61. The highest BCUT2D eigenvalue weighted by atomic mass is 19.2. The van der Waals surface area contributed by atoms with E-state index in [4.69, 9.17) is 5.11 Å². The molecule has 0 saturated heterocycles. The fourth-order valence-corrected chi connectivity index (χ4v) is 1.10. The standard InChI is InChI=1S/C11H9F5O/c1-4(5(2)17)3-6-7(12)9(14)11(16)10(15)8(6)13/h3,5,17H,1-2H3. The summed E-state index contributed by atoms with van der Waals surface area (Å²) in [5.41, 5.74) is -0.979. The second-order valence-electron chi connectivity index (χ2n) is 3.55. The van der Waals surface area contributed by atoms with Gasteiger partial charge >= 0.3 is 0 Å². The Balaban J connectivity index is 3.50. The maximum absolute atomic E-state index is 13.2. The Hall–Kier alpha value is -1.43. The first-order valence-electron chi connectivity index (χ1n) is 4.65. The second kappa shape index (κ2) is 4.83. The Morgan fingerprint density at radius 3 is 1.65 bits per heavy atom. The van der Waals surface area contributed by atoms with E-state index >= 15 is 0 Å². The number of benzene rings is 1. The molecule has 1 unspecified atom stereocenters. The lowest BCUT2D eigenvalue weighted by molar-refractivity contribution is 0.232. The van der Waals surface area contributed by atoms with Gasteiger partial charge in [0.1, 0.15) is 0 Å². The van der Waals surface area contributed by atoms with Crippen LogP contribution in [-0.4, -0.2) is 11.2 Å². The zero-order valence-electron chi connectivity index (χ0n) is 8.99. The Kier molecular flexibility index (Phi) is 3.87. The summed E-state index contributed by atoms with van der Waals surface area (Å²) in [6.07, 6.45) is -0.328. The molecule has 0 aliphatic heterocycles. The number of aliphatic hydroxyl groups is 1. The second-order valence-corrected chi connectivity index (χ2v) is 3.55. The van der Waals surface area contributed by atoms with Crippen LogP contribution in [-0.2, 0) is 0 Å². The molecule has 0 radical (unpaired) electrons. The van der Waals surface area contributed by atoms with Crippen molar-refractivity contribution in [3.05, 3.63) is 40.2 Å². The first-order valence-corrected chi connectivity index (χ1v) is 4.65. The van der Waals surface area contributed by atoms with Crippen molar-refractivity contribution in [1.29, 1.82) is 0 Å². The molecule has 17 heavy (non-hydrogen) atoms. The minimum Gasteiger partial charge on any atom is -0.389 e. The van der Waals surface area contributed by atoms with Crippen LogP contribution in [0.15, 0.2) is 5.57 Å². The molecular formula is C11H9F5O. The lowest BCUT2D eigenvalue weighted by Crippen LogP contribution is -2.06. The quantitative estimate of drug-likeness (QED) is 0.487. The SMILES string of the molecule is CC(=Cc1c(F)c(F)c(F)c(F)c1F)C(C)O. The molecule has 0 fully saturated rings. The topological polar surface area (TPSA) is 20.2 Å². The van der Waals surface area contributed by atoms with Crippen LogP contribution in [0.4, 0.5) is 22.0 Å². The van der Waals surface area contributed by atoms with Gasteiger partial charge in [0.05, 0.1) is 11.7 Å². The third-order valence-corrected chi connectivity index (χ3v) is 2.27. The zero-order chi connectivity index (χ0) is 13.3. The molecule has 0 spiro atoms. The summed E-state index contributed by atoms with van der Waals surface area (Å²) < 4.78 is 64.7. The summed E-state index contributed by atoms with van der Waals surface area (Å²) in [5, 5.41) is 9.08. The van der Waals surface area contributed by atoms with Gasteiger partial charge < -0.3 is 5.11 Å². The summed E-state index contributed by atoms with van der Waals surface area (Å²) in [5.74, 6) is -10.0. The smallest absolute Gasteiger partial charge is 0.200 e. The van der Waals surface area contributed by atoms with Crippen LogP contribution in [0.2, 0.25) is 0 Å². The van der Waals surface area contributed by atoms with Crippen LogP contribution >= 0.6 is 0 Å². The highest BCUT2D eigenvalue weighted by Gasteiger charge is 2.24. The average Bonchev–Trinajstić information content (AvgIpc) is 2.29. The van der Waals surface area contributed by atoms with E-state index in [0.29, 0.717) is 0 Å². The molecule has 0 saturated carbocycles. The molecule has 0 bridgehead atoms. The van der Waals surface area contributed by atoms with Crippen molar-refractivity contribution in [1.82, 2.24) is 0 Å². The van der Waals surface area contributed by atoms with Crippen LogP contribution in [0.5, 0.6) is 0 Å². The fraction of sp³-hybridized carbons (Fsp3) is 0.273. The van der Waals surface area contributed by atoms with Crippen molar-refractivity contribution in [3.8, 4) is 0 Å². The lowest BCUT2D eigenvalue weighted by Gasteiger charge is -2.07. The van der Waals surface area contributed by atoms with Crippen LogP contribution in [0.25, 0.3) is 6.08 Å². The van der Waals surface area contributed by atoms with E-state index in [2.05, 4.69) is 0 Å². The molecule has 1 aromatic carbocycles. The summed E-state index contributed by atoms with van der Waals surface area (Å²) in [7, 11) is 0. The predicted octanol–water partition coefficient (Wildman–Crippen LogP) is 3.17. The van der Waals surface area contributed by atoms with Gasteiger partial charge in [0.2, 0.25) is 5.82 Å². The number of aliphatic hydroxyl groups excluding tert-OH is 1. The molecule has 0 aliphatic carbocycles. The summed E-state index contributed by atoms with van der Waals surface area (Å²) in [6, 6.07) is 0. The average molecular weight is 252 g/mol. The van der Waals surface area contributed by atoms with Crippen molar-refractivity contribution >= 4 is 6.08 Å². The van der Waals surface area contributed by atoms with E-state index in [1.807, 2.05) is 0 Å². The summed E-state index contributed by atoms with van der Waals surface area (Å²) >= 11 is 0. The molecule has 94 valence electrons. The molecule has 0 aliphatic rings. The Morgan fingerprint density at radius 1 is 0.941 bits per heavy atom. The largest absolute Gasteiger partial charge is 0.389 e. The van der Waals surface area contributed by atoms with Crippen LogP contribution in [0, 0.1) is 29.1 Å². The van der Waals surface area contributed by atoms with E-state index in [1.165, 1.54) is 13.8 Å². The third kappa shape index (κ3) is 2.46. The molecule has 0 amide bonds. The molecule has 0 aromatic heterocycles. The van der Waals surface area contributed by atoms with Gasteiger partial charge in [0.25, 0.3) is 0 Å². The minimum atomic E-state index is -2.20. The molecule has 6 heteroatoms. The number of rotatable bonds is 2. The first kappa shape index (κ1) is 13.6. The van der Waals surface area contributed by atoms with Crippen LogP contribution in [0.3, 0.4) is 0 Å². The third-order valence-electron chi connectivity index (χ3n) is 2.27. The van der Waals surface area contributed by atoms with Crippen molar-refractivity contribution in [2.24, 2.45) is 0 Å². The highest BCUT2D eigenvalue weighted by Crippen LogP contribution is 2.25. The van der Waals surface area contributed by atoms with Gasteiger partial charge in [-0.25, -0.2) is 22.0 Å².